The van der Waals surface area contributed by atoms with Gasteiger partial charge in [-0.25, -0.2) is 0 Å². The number of pyridine rings is 1. The smallest absolute Gasteiger partial charge is 0.255 e. The summed E-state index contributed by atoms with van der Waals surface area (Å²) < 4.78 is 0. The minimum atomic E-state index is 0.0242. The predicted molar refractivity (Wildman–Crippen MR) is 111 cm³/mol. The number of aryl methyl sites for hydroxylation is 2. The van der Waals surface area contributed by atoms with Gasteiger partial charge >= 0.3 is 0 Å². The molecule has 2 heterocycles. The number of nitrogens with zero attached hydrogens (tertiary/aromatic N) is 3. The van der Waals surface area contributed by atoms with Crippen LogP contribution in [0, 0.1) is 13.8 Å². The van der Waals surface area contributed by atoms with Gasteiger partial charge in [0.05, 0.1) is 23.3 Å². The summed E-state index contributed by atoms with van der Waals surface area (Å²) in [6.45, 7) is 11.1. The molecule has 1 aromatic carbocycles. The molecule has 0 saturated carbocycles. The maximum absolute atomic E-state index is 13.0. The zero-order chi connectivity index (χ0) is 20.3. The Hall–Kier alpha value is -2.47. The van der Waals surface area contributed by atoms with Gasteiger partial charge in [-0.05, 0) is 44.9 Å². The molecule has 1 aliphatic rings. The molecule has 1 fully saturated rings. The third kappa shape index (κ3) is 4.68. The average molecular weight is 383 g/mol. The van der Waals surface area contributed by atoms with Crippen molar-refractivity contribution in [2.24, 2.45) is 0 Å². The van der Waals surface area contributed by atoms with Crippen LogP contribution in [0.1, 0.15) is 41.9 Å². The highest BCUT2D eigenvalue weighted by atomic mass is 16.2. The molecule has 2 amide bonds. The molecule has 1 N–H and O–H groups in total. The van der Waals surface area contributed by atoms with E-state index < -0.39 is 0 Å². The van der Waals surface area contributed by atoms with Crippen molar-refractivity contribution in [3.8, 4) is 0 Å². The number of carbonyl (C=O) groups is 2. The van der Waals surface area contributed by atoms with Crippen molar-refractivity contribution in [2.75, 3.05) is 32.7 Å². The summed E-state index contributed by atoms with van der Waals surface area (Å²) in [7, 11) is 0. The van der Waals surface area contributed by atoms with Gasteiger partial charge < -0.3 is 10.2 Å². The Balaban J connectivity index is 1.62. The van der Waals surface area contributed by atoms with Gasteiger partial charge in [-0.3, -0.25) is 19.5 Å². The maximum atomic E-state index is 13.0. The number of aromatic nitrogens is 1. The van der Waals surface area contributed by atoms with Crippen molar-refractivity contribution in [1.29, 1.82) is 0 Å². The Morgan fingerprint density at radius 2 is 1.86 bits per heavy atom. The number of amides is 2. The lowest BCUT2D eigenvalue weighted by molar-refractivity contribution is -0.123. The molecule has 1 saturated heterocycles. The summed E-state index contributed by atoms with van der Waals surface area (Å²) in [6, 6.07) is 8.24. The Morgan fingerprint density at radius 3 is 2.54 bits per heavy atom. The maximum Gasteiger partial charge on any atom is 0.255 e. The molecule has 6 heteroatoms. The predicted octanol–water partition coefficient (Wildman–Crippen LogP) is 2.52. The molecule has 6 nitrogen and oxygen atoms in total. The van der Waals surface area contributed by atoms with Gasteiger partial charge in [0.2, 0.25) is 5.91 Å². The summed E-state index contributed by atoms with van der Waals surface area (Å²) in [5, 5.41) is 3.98. The van der Waals surface area contributed by atoms with E-state index in [9.17, 15) is 9.59 Å². The van der Waals surface area contributed by atoms with Crippen molar-refractivity contribution in [3.63, 3.8) is 0 Å². The van der Waals surface area contributed by atoms with E-state index in [-0.39, 0.29) is 17.9 Å². The quantitative estimate of drug-likeness (QED) is 0.863. The van der Waals surface area contributed by atoms with Crippen molar-refractivity contribution >= 4 is 22.7 Å². The molecule has 0 aliphatic carbocycles. The van der Waals surface area contributed by atoms with Gasteiger partial charge in [0, 0.05) is 37.6 Å². The molecule has 0 spiro atoms. The number of rotatable bonds is 5. The molecule has 0 radical (unpaired) electrons. The Morgan fingerprint density at radius 1 is 1.14 bits per heavy atom. The summed E-state index contributed by atoms with van der Waals surface area (Å²) in [5.41, 5.74) is 3.51. The van der Waals surface area contributed by atoms with E-state index in [0.29, 0.717) is 38.3 Å². The second-order valence-electron chi connectivity index (χ2n) is 7.76. The SMILES string of the molecule is CCC(C)NC(=O)CN1CCN(C(=O)c2cc3ccc(C)cc3nc2C)CC1. The Bertz CT molecular complexity index is 872. The number of carbonyl (C=O) groups excluding carboxylic acids is 2. The molecule has 1 aromatic heterocycles. The molecule has 3 rings (SSSR count). The largest absolute Gasteiger partial charge is 0.353 e. The molecule has 1 unspecified atom stereocenters. The third-order valence-corrected chi connectivity index (χ3v) is 5.44. The van der Waals surface area contributed by atoms with Crippen LogP contribution in [0.15, 0.2) is 24.3 Å². The number of nitrogens with one attached hydrogen (secondary N) is 1. The van der Waals surface area contributed by atoms with Crippen molar-refractivity contribution in [3.05, 3.63) is 41.1 Å². The van der Waals surface area contributed by atoms with Crippen LogP contribution in [0.2, 0.25) is 0 Å². The molecule has 1 aliphatic heterocycles. The number of hydrogen-bond donors (Lipinski definition) is 1. The first-order valence-corrected chi connectivity index (χ1v) is 10.1. The van der Waals surface area contributed by atoms with E-state index >= 15 is 0 Å². The highest BCUT2D eigenvalue weighted by Crippen LogP contribution is 2.20. The standard InChI is InChI=1S/C22H30N4O2/c1-5-16(3)23-21(27)14-25-8-10-26(11-9-25)22(28)19-13-18-7-6-15(2)12-20(18)24-17(19)4/h6-7,12-13,16H,5,8-11,14H2,1-4H3,(H,23,27). The van der Waals surface area contributed by atoms with E-state index in [2.05, 4.69) is 22.1 Å². The molecular weight excluding hydrogens is 352 g/mol. The van der Waals surface area contributed by atoms with Gasteiger partial charge in [-0.1, -0.05) is 19.1 Å². The van der Waals surface area contributed by atoms with Gasteiger partial charge in [-0.2, -0.15) is 0 Å². The molecule has 0 bridgehead atoms. The van der Waals surface area contributed by atoms with Crippen molar-refractivity contribution < 1.29 is 9.59 Å². The number of hydrogen-bond acceptors (Lipinski definition) is 4. The molecule has 28 heavy (non-hydrogen) atoms. The number of benzene rings is 1. The fraction of sp³-hybridized carbons (Fsp3) is 0.500. The molecular formula is C22H30N4O2. The van der Waals surface area contributed by atoms with Crippen LogP contribution < -0.4 is 5.32 Å². The first-order valence-electron chi connectivity index (χ1n) is 10.1. The van der Waals surface area contributed by atoms with E-state index in [1.54, 1.807) is 0 Å². The van der Waals surface area contributed by atoms with Crippen LogP contribution in [0.3, 0.4) is 0 Å². The van der Waals surface area contributed by atoms with Crippen molar-refractivity contribution in [2.45, 2.75) is 40.2 Å². The highest BCUT2D eigenvalue weighted by molar-refractivity contribution is 5.98. The normalized spacial score (nSPS) is 16.2. The zero-order valence-corrected chi connectivity index (χ0v) is 17.3. The number of fused-ring (bicyclic) bond motifs is 1. The molecule has 1 atom stereocenters. The summed E-state index contributed by atoms with van der Waals surface area (Å²) >= 11 is 0. The highest BCUT2D eigenvalue weighted by Gasteiger charge is 2.25. The molecule has 150 valence electrons. The van der Waals surface area contributed by atoms with Gasteiger partial charge in [-0.15, -0.1) is 0 Å². The van der Waals surface area contributed by atoms with Crippen molar-refractivity contribution in [1.82, 2.24) is 20.1 Å². The topological polar surface area (TPSA) is 65.5 Å². The lowest BCUT2D eigenvalue weighted by Gasteiger charge is -2.34. The van der Waals surface area contributed by atoms with Gasteiger partial charge in [0.1, 0.15) is 0 Å². The number of piperazine rings is 1. The van der Waals surface area contributed by atoms with E-state index in [4.69, 9.17) is 0 Å². The van der Waals surface area contributed by atoms with Crippen LogP contribution in [-0.2, 0) is 4.79 Å². The summed E-state index contributed by atoms with van der Waals surface area (Å²) in [5.74, 6) is 0.0789. The van der Waals surface area contributed by atoms with Crippen LogP contribution in [-0.4, -0.2) is 65.4 Å². The average Bonchev–Trinajstić information content (AvgIpc) is 2.67. The Labute approximate surface area is 166 Å². The zero-order valence-electron chi connectivity index (χ0n) is 17.3. The van der Waals surface area contributed by atoms with E-state index in [1.807, 2.05) is 49.9 Å². The van der Waals surface area contributed by atoms with Crippen LogP contribution in [0.25, 0.3) is 10.9 Å². The second kappa shape index (κ2) is 8.69. The third-order valence-electron chi connectivity index (χ3n) is 5.44. The lowest BCUT2D eigenvalue weighted by Crippen LogP contribution is -2.51. The first kappa shape index (κ1) is 20.3. The van der Waals surface area contributed by atoms with E-state index in [1.165, 1.54) is 0 Å². The van der Waals surface area contributed by atoms with Crippen LogP contribution >= 0.6 is 0 Å². The van der Waals surface area contributed by atoms with Crippen LogP contribution in [0.5, 0.6) is 0 Å². The van der Waals surface area contributed by atoms with Crippen LogP contribution in [0.4, 0.5) is 0 Å². The summed E-state index contributed by atoms with van der Waals surface area (Å²) in [4.78, 5) is 33.7. The van der Waals surface area contributed by atoms with Gasteiger partial charge in [0.15, 0.2) is 0 Å². The monoisotopic (exact) mass is 382 g/mol. The minimum Gasteiger partial charge on any atom is -0.353 e. The first-order chi connectivity index (χ1) is 13.4. The fourth-order valence-electron chi connectivity index (χ4n) is 3.49. The van der Waals surface area contributed by atoms with Gasteiger partial charge in [0.25, 0.3) is 5.91 Å². The lowest BCUT2D eigenvalue weighted by atomic mass is 10.1. The summed E-state index contributed by atoms with van der Waals surface area (Å²) in [6.07, 6.45) is 0.923. The van der Waals surface area contributed by atoms with E-state index in [0.717, 1.165) is 28.6 Å². The fourth-order valence-corrected chi connectivity index (χ4v) is 3.49. The Kier molecular flexibility index (Phi) is 6.29. The second-order valence-corrected chi connectivity index (χ2v) is 7.76. The molecule has 2 aromatic rings. The minimum absolute atomic E-state index is 0.0242.